The van der Waals surface area contributed by atoms with Crippen LogP contribution in [0.4, 0.5) is 23.8 Å². The van der Waals surface area contributed by atoms with Crippen molar-refractivity contribution in [3.63, 3.8) is 0 Å². The number of nitrogens with one attached hydrogen (secondary N) is 2. The van der Waals surface area contributed by atoms with E-state index in [0.717, 1.165) is 17.8 Å². The lowest BCUT2D eigenvalue weighted by Gasteiger charge is -2.18. The normalized spacial score (nSPS) is 17.0. The number of urea groups is 1. The van der Waals surface area contributed by atoms with Gasteiger partial charge < -0.3 is 15.5 Å². The zero-order valence-electron chi connectivity index (χ0n) is 14.3. The van der Waals surface area contributed by atoms with E-state index in [9.17, 15) is 18.0 Å². The maximum absolute atomic E-state index is 12.6. The zero-order chi connectivity index (χ0) is 19.4. The third-order valence-electron chi connectivity index (χ3n) is 4.29. The van der Waals surface area contributed by atoms with Gasteiger partial charge in [-0.3, -0.25) is 0 Å². The number of hydrogen-bond acceptors (Lipinski definition) is 3. The number of rotatable bonds is 4. The second-order valence-corrected chi connectivity index (χ2v) is 6.72. The molecule has 1 aliphatic rings. The molecule has 1 atom stereocenters. The van der Waals surface area contributed by atoms with Gasteiger partial charge in [-0.1, -0.05) is 23.7 Å². The molecule has 1 fully saturated rings. The van der Waals surface area contributed by atoms with Crippen LogP contribution in [0.2, 0.25) is 5.02 Å². The lowest BCUT2D eigenvalue weighted by atomic mass is 10.2. The fourth-order valence-corrected chi connectivity index (χ4v) is 2.97. The van der Waals surface area contributed by atoms with Crippen LogP contribution >= 0.6 is 11.6 Å². The summed E-state index contributed by atoms with van der Waals surface area (Å²) in [5, 5.41) is 6.27. The molecule has 1 aliphatic heterocycles. The minimum absolute atomic E-state index is 0.0979. The van der Waals surface area contributed by atoms with Crippen LogP contribution in [-0.2, 0) is 12.7 Å². The van der Waals surface area contributed by atoms with Gasteiger partial charge in [-0.25, -0.2) is 9.78 Å². The van der Waals surface area contributed by atoms with Crippen LogP contribution in [0, 0.1) is 0 Å². The SMILES string of the molecule is O=C(NCc1ccc(Cl)cc1)N[C@H]1CCN(c2ccc(C(F)(F)F)cn2)C1. The Balaban J connectivity index is 1.47. The number of halogens is 4. The number of pyridine rings is 1. The van der Waals surface area contributed by atoms with Crippen molar-refractivity contribution < 1.29 is 18.0 Å². The van der Waals surface area contributed by atoms with E-state index >= 15 is 0 Å². The molecular weight excluding hydrogens is 381 g/mol. The first-order valence-corrected chi connectivity index (χ1v) is 8.76. The number of nitrogens with zero attached hydrogens (tertiary/aromatic N) is 2. The van der Waals surface area contributed by atoms with Gasteiger partial charge in [0.2, 0.25) is 0 Å². The summed E-state index contributed by atoms with van der Waals surface area (Å²) in [7, 11) is 0. The van der Waals surface area contributed by atoms with Crippen LogP contribution < -0.4 is 15.5 Å². The number of hydrogen-bond donors (Lipinski definition) is 2. The van der Waals surface area contributed by atoms with Gasteiger partial charge in [0, 0.05) is 36.9 Å². The van der Waals surface area contributed by atoms with E-state index in [1.807, 2.05) is 17.0 Å². The molecule has 0 unspecified atom stereocenters. The monoisotopic (exact) mass is 398 g/mol. The standard InChI is InChI=1S/C18H18ClF3N4O/c19-14-4-1-12(2-5-14)9-24-17(27)25-15-7-8-26(11-15)16-6-3-13(10-23-16)18(20,21)22/h1-6,10,15H,7-9,11H2,(H2,24,25,27)/t15-/m0/s1. The molecule has 1 aromatic carbocycles. The average molecular weight is 399 g/mol. The van der Waals surface area contributed by atoms with Gasteiger partial charge in [0.1, 0.15) is 5.82 Å². The summed E-state index contributed by atoms with van der Waals surface area (Å²) in [5.41, 5.74) is 0.151. The predicted molar refractivity (Wildman–Crippen MR) is 96.7 cm³/mol. The molecule has 0 bridgehead atoms. The van der Waals surface area contributed by atoms with Crippen molar-refractivity contribution in [2.45, 2.75) is 25.2 Å². The maximum Gasteiger partial charge on any atom is 0.417 e. The Morgan fingerprint density at radius 2 is 1.96 bits per heavy atom. The Labute approximate surface area is 159 Å². The summed E-state index contributed by atoms with van der Waals surface area (Å²) >= 11 is 5.82. The van der Waals surface area contributed by atoms with Gasteiger partial charge in [0.15, 0.2) is 0 Å². The van der Waals surface area contributed by atoms with E-state index in [4.69, 9.17) is 11.6 Å². The third-order valence-corrected chi connectivity index (χ3v) is 4.54. The predicted octanol–water partition coefficient (Wildman–Crippen LogP) is 3.83. The van der Waals surface area contributed by atoms with Gasteiger partial charge in [0.25, 0.3) is 0 Å². The lowest BCUT2D eigenvalue weighted by molar-refractivity contribution is -0.137. The topological polar surface area (TPSA) is 57.3 Å². The van der Waals surface area contributed by atoms with Crippen molar-refractivity contribution in [1.82, 2.24) is 15.6 Å². The Morgan fingerprint density at radius 3 is 2.59 bits per heavy atom. The Morgan fingerprint density at radius 1 is 1.22 bits per heavy atom. The van der Waals surface area contributed by atoms with Gasteiger partial charge in [-0.15, -0.1) is 0 Å². The molecule has 3 rings (SSSR count). The van der Waals surface area contributed by atoms with E-state index in [1.54, 1.807) is 12.1 Å². The molecule has 0 saturated carbocycles. The molecule has 0 radical (unpaired) electrons. The van der Waals surface area contributed by atoms with Gasteiger partial charge in [-0.05, 0) is 36.2 Å². The molecule has 9 heteroatoms. The van der Waals surface area contributed by atoms with Crippen molar-refractivity contribution in [3.05, 3.63) is 58.7 Å². The average Bonchev–Trinajstić information content (AvgIpc) is 3.09. The highest BCUT2D eigenvalue weighted by Gasteiger charge is 2.31. The summed E-state index contributed by atoms with van der Waals surface area (Å²) in [6.45, 7) is 1.48. The highest BCUT2D eigenvalue weighted by molar-refractivity contribution is 6.30. The zero-order valence-corrected chi connectivity index (χ0v) is 15.0. The van der Waals surface area contributed by atoms with Crippen molar-refractivity contribution in [1.29, 1.82) is 0 Å². The first-order chi connectivity index (χ1) is 12.8. The number of carbonyl (C=O) groups excluding carboxylic acids is 1. The van der Waals surface area contributed by atoms with Gasteiger partial charge >= 0.3 is 12.2 Å². The van der Waals surface area contributed by atoms with E-state index in [2.05, 4.69) is 15.6 Å². The molecule has 27 heavy (non-hydrogen) atoms. The quantitative estimate of drug-likeness (QED) is 0.823. The summed E-state index contributed by atoms with van der Waals surface area (Å²) in [5.74, 6) is 0.467. The first kappa shape index (κ1) is 19.3. The molecule has 2 heterocycles. The number of carbonyl (C=O) groups is 1. The number of amides is 2. The molecule has 0 spiro atoms. The van der Waals surface area contributed by atoms with Crippen LogP contribution in [0.25, 0.3) is 0 Å². The molecule has 5 nitrogen and oxygen atoms in total. The van der Waals surface area contributed by atoms with Gasteiger partial charge in [0.05, 0.1) is 5.56 Å². The summed E-state index contributed by atoms with van der Waals surface area (Å²) in [6, 6.07) is 9.14. The molecule has 144 valence electrons. The Hall–Kier alpha value is -2.48. The Kier molecular flexibility index (Phi) is 5.74. The Bertz CT molecular complexity index is 781. The number of aromatic nitrogens is 1. The lowest BCUT2D eigenvalue weighted by Crippen LogP contribution is -2.43. The molecule has 2 aromatic rings. The molecule has 2 N–H and O–H groups in total. The van der Waals surface area contributed by atoms with Gasteiger partial charge in [-0.2, -0.15) is 13.2 Å². The minimum atomic E-state index is -4.40. The third kappa shape index (κ3) is 5.26. The van der Waals surface area contributed by atoms with Crippen molar-refractivity contribution >= 4 is 23.4 Å². The summed E-state index contributed by atoms with van der Waals surface area (Å²) in [6.07, 6.45) is -2.88. The van der Waals surface area contributed by atoms with Crippen LogP contribution in [-0.4, -0.2) is 30.1 Å². The van der Waals surface area contributed by atoms with Crippen LogP contribution in [0.1, 0.15) is 17.5 Å². The molecule has 1 aromatic heterocycles. The van der Waals surface area contributed by atoms with Crippen molar-refractivity contribution in [2.24, 2.45) is 0 Å². The second-order valence-electron chi connectivity index (χ2n) is 6.29. The maximum atomic E-state index is 12.6. The second kappa shape index (κ2) is 8.04. The van der Waals surface area contributed by atoms with E-state index in [1.165, 1.54) is 6.07 Å². The van der Waals surface area contributed by atoms with E-state index < -0.39 is 11.7 Å². The van der Waals surface area contributed by atoms with E-state index in [0.29, 0.717) is 36.9 Å². The molecule has 2 amide bonds. The highest BCUT2D eigenvalue weighted by Crippen LogP contribution is 2.29. The van der Waals surface area contributed by atoms with Crippen molar-refractivity contribution in [2.75, 3.05) is 18.0 Å². The smallest absolute Gasteiger partial charge is 0.354 e. The van der Waals surface area contributed by atoms with Crippen LogP contribution in [0.5, 0.6) is 0 Å². The molecule has 1 saturated heterocycles. The van der Waals surface area contributed by atoms with E-state index in [-0.39, 0.29) is 12.1 Å². The van der Waals surface area contributed by atoms with Crippen LogP contribution in [0.15, 0.2) is 42.6 Å². The number of anilines is 1. The number of alkyl halides is 3. The fourth-order valence-electron chi connectivity index (χ4n) is 2.85. The van der Waals surface area contributed by atoms with Crippen LogP contribution in [0.3, 0.4) is 0 Å². The largest absolute Gasteiger partial charge is 0.417 e. The first-order valence-electron chi connectivity index (χ1n) is 8.38. The molecule has 0 aliphatic carbocycles. The fraction of sp³-hybridized carbons (Fsp3) is 0.333. The highest BCUT2D eigenvalue weighted by atomic mass is 35.5. The molecular formula is C18H18ClF3N4O. The summed E-state index contributed by atoms with van der Waals surface area (Å²) in [4.78, 5) is 17.8. The van der Waals surface area contributed by atoms with Crippen molar-refractivity contribution in [3.8, 4) is 0 Å². The number of benzene rings is 1. The minimum Gasteiger partial charge on any atom is -0.354 e. The summed E-state index contributed by atoms with van der Waals surface area (Å²) < 4.78 is 37.8.